The number of aromatic nitrogens is 2. The molecular weight excluding hydrogens is 430 g/mol. The largest absolute Gasteiger partial charge is 0.478 e. The lowest BCUT2D eigenvalue weighted by Gasteiger charge is -2.23. The second-order valence-corrected chi connectivity index (χ2v) is 8.16. The lowest BCUT2D eigenvalue weighted by atomic mass is 9.99. The Hall–Kier alpha value is -4.52. The molecule has 0 saturated heterocycles. The van der Waals surface area contributed by atoms with E-state index in [2.05, 4.69) is 35.2 Å². The van der Waals surface area contributed by atoms with Crippen molar-refractivity contribution in [3.05, 3.63) is 107 Å². The van der Waals surface area contributed by atoms with Crippen molar-refractivity contribution in [1.29, 1.82) is 0 Å². The maximum Gasteiger partial charge on any atom is 0.335 e. The summed E-state index contributed by atoms with van der Waals surface area (Å²) in [6, 6.07) is 14.1. The van der Waals surface area contributed by atoms with Crippen molar-refractivity contribution in [1.82, 2.24) is 15.3 Å². The molecule has 0 fully saturated rings. The van der Waals surface area contributed by atoms with Gasteiger partial charge in [0.2, 0.25) is 0 Å². The molecule has 3 aromatic rings. The van der Waals surface area contributed by atoms with Gasteiger partial charge in [-0.15, -0.1) is 0 Å². The summed E-state index contributed by atoms with van der Waals surface area (Å²) >= 11 is 0. The van der Waals surface area contributed by atoms with Gasteiger partial charge in [0.05, 0.1) is 34.3 Å². The molecule has 0 spiro atoms. The SMILES string of the molecule is CC(C)=Cc1ccc(-c2ccnc(C3=CC(C(=O)O)=CC(c4cc(C(=O)O)ccn4)N3)c2)cc1. The van der Waals surface area contributed by atoms with Gasteiger partial charge in [0.15, 0.2) is 0 Å². The van der Waals surface area contributed by atoms with Gasteiger partial charge < -0.3 is 15.5 Å². The quantitative estimate of drug-likeness (QED) is 0.483. The van der Waals surface area contributed by atoms with E-state index < -0.39 is 18.0 Å². The average molecular weight is 453 g/mol. The number of aliphatic carboxylic acids is 1. The fourth-order valence-electron chi connectivity index (χ4n) is 3.69. The number of nitrogens with zero attached hydrogens (tertiary/aromatic N) is 2. The Morgan fingerprint density at radius 1 is 0.912 bits per heavy atom. The Balaban J connectivity index is 1.68. The molecule has 34 heavy (non-hydrogen) atoms. The fraction of sp³-hybridized carbons (Fsp3) is 0.111. The van der Waals surface area contributed by atoms with Crippen molar-refractivity contribution >= 4 is 23.7 Å². The van der Waals surface area contributed by atoms with E-state index in [1.54, 1.807) is 6.20 Å². The van der Waals surface area contributed by atoms with Crippen LogP contribution in [0.15, 0.2) is 84.2 Å². The molecule has 1 aliphatic heterocycles. The van der Waals surface area contributed by atoms with Gasteiger partial charge in [-0.2, -0.15) is 0 Å². The number of hydrogen-bond donors (Lipinski definition) is 3. The molecule has 1 unspecified atom stereocenters. The summed E-state index contributed by atoms with van der Waals surface area (Å²) in [5.74, 6) is -2.17. The Morgan fingerprint density at radius 3 is 2.32 bits per heavy atom. The molecular formula is C27H23N3O4. The van der Waals surface area contributed by atoms with Gasteiger partial charge in [-0.05, 0) is 67.0 Å². The maximum atomic E-state index is 11.8. The van der Waals surface area contributed by atoms with Crippen LogP contribution in [0.4, 0.5) is 0 Å². The standard InChI is InChI=1S/C27H23N3O4/c1-16(2)11-17-3-5-18(6-4-17)19-7-9-28-22(12-19)24-14-21(27(33)34)15-25(30-24)23-13-20(26(31)32)8-10-29-23/h3-15,25,30H,1-2H3,(H,31,32)(H,33,34). The van der Waals surface area contributed by atoms with E-state index in [4.69, 9.17) is 0 Å². The lowest BCUT2D eigenvalue weighted by Crippen LogP contribution is -2.25. The summed E-state index contributed by atoms with van der Waals surface area (Å²) in [5.41, 5.74) is 5.89. The third-order valence-electron chi connectivity index (χ3n) is 5.29. The van der Waals surface area contributed by atoms with E-state index in [-0.39, 0.29) is 11.1 Å². The number of carbonyl (C=O) groups is 2. The molecule has 0 amide bonds. The first-order chi connectivity index (χ1) is 16.3. The van der Waals surface area contributed by atoms with Crippen molar-refractivity contribution in [2.45, 2.75) is 19.9 Å². The fourth-order valence-corrected chi connectivity index (χ4v) is 3.69. The number of hydrogen-bond acceptors (Lipinski definition) is 5. The Kier molecular flexibility index (Phi) is 6.36. The summed E-state index contributed by atoms with van der Waals surface area (Å²) < 4.78 is 0. The van der Waals surface area contributed by atoms with Crippen LogP contribution >= 0.6 is 0 Å². The van der Waals surface area contributed by atoms with E-state index in [0.29, 0.717) is 17.1 Å². The summed E-state index contributed by atoms with van der Waals surface area (Å²) in [7, 11) is 0. The van der Waals surface area contributed by atoms with Crippen molar-refractivity contribution in [2.75, 3.05) is 0 Å². The Bertz CT molecular complexity index is 1350. The molecule has 3 N–H and O–H groups in total. The second kappa shape index (κ2) is 9.54. The highest BCUT2D eigenvalue weighted by Crippen LogP contribution is 2.28. The van der Waals surface area contributed by atoms with Crippen LogP contribution in [0.25, 0.3) is 22.9 Å². The van der Waals surface area contributed by atoms with Crippen molar-refractivity contribution in [3.63, 3.8) is 0 Å². The minimum atomic E-state index is -1.09. The van der Waals surface area contributed by atoms with Crippen LogP contribution in [0.2, 0.25) is 0 Å². The monoisotopic (exact) mass is 453 g/mol. The normalized spacial score (nSPS) is 14.9. The van der Waals surface area contributed by atoms with E-state index in [1.807, 2.05) is 36.4 Å². The summed E-state index contributed by atoms with van der Waals surface area (Å²) in [6.45, 7) is 4.10. The maximum absolute atomic E-state index is 11.8. The second-order valence-electron chi connectivity index (χ2n) is 8.16. The molecule has 2 aromatic heterocycles. The van der Waals surface area contributed by atoms with E-state index in [0.717, 1.165) is 16.7 Å². The average Bonchev–Trinajstić information content (AvgIpc) is 2.84. The van der Waals surface area contributed by atoms with Crippen molar-refractivity contribution < 1.29 is 19.8 Å². The van der Waals surface area contributed by atoms with Crippen LogP contribution in [-0.4, -0.2) is 32.1 Å². The van der Waals surface area contributed by atoms with Gasteiger partial charge in [0.25, 0.3) is 0 Å². The number of allylic oxidation sites excluding steroid dienone is 1. The molecule has 7 heteroatoms. The Labute approximate surface area is 196 Å². The van der Waals surface area contributed by atoms with Crippen LogP contribution in [-0.2, 0) is 4.79 Å². The topological polar surface area (TPSA) is 112 Å². The number of carboxylic acids is 2. The molecule has 0 radical (unpaired) electrons. The number of nitrogens with one attached hydrogen (secondary N) is 1. The number of pyridine rings is 2. The zero-order chi connectivity index (χ0) is 24.2. The third-order valence-corrected chi connectivity index (χ3v) is 5.29. The highest BCUT2D eigenvalue weighted by molar-refractivity contribution is 5.93. The van der Waals surface area contributed by atoms with E-state index >= 15 is 0 Å². The zero-order valence-corrected chi connectivity index (χ0v) is 18.7. The van der Waals surface area contributed by atoms with Crippen LogP contribution < -0.4 is 5.32 Å². The number of rotatable bonds is 6. The summed E-state index contributed by atoms with van der Waals surface area (Å²) in [6.07, 6.45) is 8.19. The van der Waals surface area contributed by atoms with Crippen LogP contribution in [0, 0.1) is 0 Å². The minimum absolute atomic E-state index is 0.0690. The third kappa shape index (κ3) is 5.10. The molecule has 0 aliphatic carbocycles. The number of carboxylic acid groups (broad SMARTS) is 2. The van der Waals surface area contributed by atoms with E-state index in [9.17, 15) is 19.8 Å². The number of dihydropyridines is 1. The summed E-state index contributed by atoms with van der Waals surface area (Å²) in [4.78, 5) is 31.8. The lowest BCUT2D eigenvalue weighted by molar-refractivity contribution is -0.132. The van der Waals surface area contributed by atoms with Gasteiger partial charge in [0.1, 0.15) is 0 Å². The first-order valence-electron chi connectivity index (χ1n) is 10.6. The van der Waals surface area contributed by atoms with Crippen LogP contribution in [0.1, 0.15) is 47.2 Å². The highest BCUT2D eigenvalue weighted by atomic mass is 16.4. The van der Waals surface area contributed by atoms with Crippen LogP contribution in [0.3, 0.4) is 0 Å². The first-order valence-corrected chi connectivity index (χ1v) is 10.6. The molecule has 4 rings (SSSR count). The van der Waals surface area contributed by atoms with Gasteiger partial charge in [0, 0.05) is 12.4 Å². The first kappa shape index (κ1) is 22.7. The molecule has 3 heterocycles. The van der Waals surface area contributed by atoms with Gasteiger partial charge in [-0.25, -0.2) is 9.59 Å². The zero-order valence-electron chi connectivity index (χ0n) is 18.7. The van der Waals surface area contributed by atoms with Gasteiger partial charge >= 0.3 is 11.9 Å². The van der Waals surface area contributed by atoms with E-state index in [1.165, 1.54) is 36.1 Å². The number of aromatic carboxylic acids is 1. The molecule has 1 aliphatic rings. The summed E-state index contributed by atoms with van der Waals surface area (Å²) in [5, 5.41) is 22.2. The number of benzene rings is 1. The molecule has 0 saturated carbocycles. The van der Waals surface area contributed by atoms with Gasteiger partial charge in [-0.3, -0.25) is 9.97 Å². The molecule has 7 nitrogen and oxygen atoms in total. The van der Waals surface area contributed by atoms with Crippen molar-refractivity contribution in [2.24, 2.45) is 0 Å². The predicted octanol–water partition coefficient (Wildman–Crippen LogP) is 4.96. The molecule has 170 valence electrons. The molecule has 1 atom stereocenters. The smallest absolute Gasteiger partial charge is 0.335 e. The predicted molar refractivity (Wildman–Crippen MR) is 130 cm³/mol. The molecule has 1 aromatic carbocycles. The molecule has 0 bridgehead atoms. The minimum Gasteiger partial charge on any atom is -0.478 e. The van der Waals surface area contributed by atoms with Crippen molar-refractivity contribution in [3.8, 4) is 11.1 Å². The highest BCUT2D eigenvalue weighted by Gasteiger charge is 2.23. The Morgan fingerprint density at radius 2 is 1.65 bits per heavy atom. The van der Waals surface area contributed by atoms with Gasteiger partial charge in [-0.1, -0.05) is 35.9 Å². The van der Waals surface area contributed by atoms with Crippen LogP contribution in [0.5, 0.6) is 0 Å².